The van der Waals surface area contributed by atoms with Crippen molar-refractivity contribution in [3.05, 3.63) is 47.8 Å². The molecule has 1 aromatic carbocycles. The number of tetrazole rings is 1. The van der Waals surface area contributed by atoms with Crippen LogP contribution in [-0.4, -0.2) is 35.0 Å². The van der Waals surface area contributed by atoms with Crippen LogP contribution in [0.3, 0.4) is 0 Å². The third-order valence-corrected chi connectivity index (χ3v) is 6.12. The van der Waals surface area contributed by atoms with Crippen molar-refractivity contribution in [2.24, 2.45) is 11.1 Å². The lowest BCUT2D eigenvalue weighted by Gasteiger charge is -2.39. The van der Waals surface area contributed by atoms with Crippen LogP contribution in [0.15, 0.2) is 36.9 Å². The van der Waals surface area contributed by atoms with Crippen molar-refractivity contribution in [1.29, 1.82) is 0 Å². The minimum atomic E-state index is -0.557. The van der Waals surface area contributed by atoms with E-state index < -0.39 is 11.8 Å². The van der Waals surface area contributed by atoms with Gasteiger partial charge in [-0.25, -0.2) is 14.3 Å². The predicted octanol–water partition coefficient (Wildman–Crippen LogP) is 3.90. The molecule has 0 radical (unpaired) electrons. The Balaban J connectivity index is 1.79. The first-order valence-electron chi connectivity index (χ1n) is 10.6. The molecule has 1 aliphatic rings. The zero-order chi connectivity index (χ0) is 22.1. The molecule has 0 amide bonds. The summed E-state index contributed by atoms with van der Waals surface area (Å²) in [5.74, 6) is 1.35. The van der Waals surface area contributed by atoms with Gasteiger partial charge in [-0.05, 0) is 52.9 Å². The Morgan fingerprint density at radius 1 is 1.13 bits per heavy atom. The third kappa shape index (κ3) is 4.57. The Hall–Kier alpha value is -2.52. The van der Waals surface area contributed by atoms with Crippen LogP contribution >= 0.6 is 11.6 Å². The Bertz CT molecular complexity index is 974. The van der Waals surface area contributed by atoms with E-state index in [0.29, 0.717) is 16.6 Å². The highest BCUT2D eigenvalue weighted by Gasteiger charge is 2.44. The summed E-state index contributed by atoms with van der Waals surface area (Å²) in [6, 6.07) is 6.94. The second kappa shape index (κ2) is 8.55. The first-order chi connectivity index (χ1) is 14.8. The summed E-state index contributed by atoms with van der Waals surface area (Å²) in [4.78, 5) is 4.14. The number of benzene rings is 1. The molecule has 10 heteroatoms. The van der Waals surface area contributed by atoms with Crippen LogP contribution in [0.2, 0.25) is 5.02 Å². The van der Waals surface area contributed by atoms with Gasteiger partial charge in [0, 0.05) is 5.02 Å². The summed E-state index contributed by atoms with van der Waals surface area (Å²) in [6.45, 7) is 6.38. The Labute approximate surface area is 186 Å². The molecule has 0 aliphatic heterocycles. The molecule has 0 spiro atoms. The third-order valence-electron chi connectivity index (χ3n) is 5.87. The van der Waals surface area contributed by atoms with Gasteiger partial charge < -0.3 is 10.5 Å². The maximum absolute atomic E-state index is 6.84. The molecule has 0 bridgehead atoms. The van der Waals surface area contributed by atoms with E-state index in [1.807, 2.05) is 16.8 Å². The van der Waals surface area contributed by atoms with E-state index in [2.05, 4.69) is 46.4 Å². The summed E-state index contributed by atoms with van der Waals surface area (Å²) in [6.07, 6.45) is 7.61. The number of rotatable bonds is 6. The van der Waals surface area contributed by atoms with E-state index in [0.717, 1.165) is 25.7 Å². The molecule has 1 aliphatic carbocycles. The van der Waals surface area contributed by atoms with Gasteiger partial charge in [-0.2, -0.15) is 5.10 Å². The molecule has 31 heavy (non-hydrogen) atoms. The number of hydrogen-bond acceptors (Lipinski definition) is 7. The van der Waals surface area contributed by atoms with Gasteiger partial charge in [0.15, 0.2) is 5.82 Å². The maximum Gasteiger partial charge on any atom is 0.215 e. The average molecular weight is 445 g/mol. The monoisotopic (exact) mass is 444 g/mol. The summed E-state index contributed by atoms with van der Waals surface area (Å²) in [5.41, 5.74) is 5.99. The summed E-state index contributed by atoms with van der Waals surface area (Å²) in [5, 5.41) is 17.8. The molecular formula is C21H29ClN8O. The second-order valence-electron chi connectivity index (χ2n) is 9.31. The zero-order valence-corrected chi connectivity index (χ0v) is 18.9. The summed E-state index contributed by atoms with van der Waals surface area (Å²) < 4.78 is 9.98. The molecule has 2 aromatic heterocycles. The molecule has 2 heterocycles. The van der Waals surface area contributed by atoms with Crippen molar-refractivity contribution < 1.29 is 4.74 Å². The Morgan fingerprint density at radius 2 is 1.84 bits per heavy atom. The fourth-order valence-corrected chi connectivity index (χ4v) is 4.42. The number of halogens is 1. The summed E-state index contributed by atoms with van der Waals surface area (Å²) >= 11 is 6.06. The summed E-state index contributed by atoms with van der Waals surface area (Å²) in [7, 11) is 0. The van der Waals surface area contributed by atoms with Crippen molar-refractivity contribution in [1.82, 2.24) is 35.0 Å². The molecule has 0 unspecified atom stereocenters. The topological polar surface area (TPSA) is 110 Å². The largest absolute Gasteiger partial charge is 0.466 e. The molecule has 4 rings (SSSR count). The van der Waals surface area contributed by atoms with E-state index in [-0.39, 0.29) is 11.5 Å². The SMILES string of the molecule is CC(C)(C)[C@@H]([C@H](Oc1ccc(Cl)cc1)n1cncn1)n1nnnc1C1(N)CCCCC1. The highest BCUT2D eigenvalue weighted by atomic mass is 35.5. The van der Waals surface area contributed by atoms with Crippen LogP contribution in [0.1, 0.15) is 71.0 Å². The lowest BCUT2D eigenvalue weighted by atomic mass is 9.80. The molecule has 0 saturated heterocycles. The normalized spacial score (nSPS) is 18.5. The second-order valence-corrected chi connectivity index (χ2v) is 9.75. The van der Waals surface area contributed by atoms with Gasteiger partial charge in [0.05, 0.1) is 5.54 Å². The van der Waals surface area contributed by atoms with Gasteiger partial charge in [0.25, 0.3) is 0 Å². The minimum absolute atomic E-state index is 0.293. The zero-order valence-electron chi connectivity index (χ0n) is 18.1. The van der Waals surface area contributed by atoms with Gasteiger partial charge in [-0.3, -0.25) is 0 Å². The van der Waals surface area contributed by atoms with Crippen LogP contribution in [-0.2, 0) is 5.54 Å². The lowest BCUT2D eigenvalue weighted by Crippen LogP contribution is -2.45. The van der Waals surface area contributed by atoms with Crippen molar-refractivity contribution in [2.45, 2.75) is 70.7 Å². The van der Waals surface area contributed by atoms with Crippen LogP contribution in [0.4, 0.5) is 0 Å². The number of ether oxygens (including phenoxy) is 1. The first-order valence-corrected chi connectivity index (χ1v) is 11.0. The van der Waals surface area contributed by atoms with E-state index in [4.69, 9.17) is 22.1 Å². The number of nitrogens with zero attached hydrogens (tertiary/aromatic N) is 7. The van der Waals surface area contributed by atoms with Crippen LogP contribution in [0.5, 0.6) is 5.75 Å². The van der Waals surface area contributed by atoms with Gasteiger partial charge in [-0.1, -0.05) is 51.6 Å². The van der Waals surface area contributed by atoms with Crippen molar-refractivity contribution >= 4 is 11.6 Å². The van der Waals surface area contributed by atoms with Crippen LogP contribution in [0.25, 0.3) is 0 Å². The molecule has 2 N–H and O–H groups in total. The molecule has 1 fully saturated rings. The number of hydrogen-bond donors (Lipinski definition) is 1. The average Bonchev–Trinajstić information content (AvgIpc) is 3.41. The van der Waals surface area contributed by atoms with Gasteiger partial charge >= 0.3 is 0 Å². The van der Waals surface area contributed by atoms with Gasteiger partial charge in [0.2, 0.25) is 6.23 Å². The molecule has 3 aromatic rings. The van der Waals surface area contributed by atoms with Gasteiger partial charge in [0.1, 0.15) is 24.4 Å². The van der Waals surface area contributed by atoms with E-state index in [1.54, 1.807) is 23.1 Å². The number of nitrogens with two attached hydrogens (primary N) is 1. The maximum atomic E-state index is 6.84. The minimum Gasteiger partial charge on any atom is -0.466 e. The highest BCUT2D eigenvalue weighted by Crippen LogP contribution is 2.43. The van der Waals surface area contributed by atoms with Crippen molar-refractivity contribution in [3.8, 4) is 5.75 Å². The molecule has 1 saturated carbocycles. The Morgan fingerprint density at radius 3 is 2.45 bits per heavy atom. The molecule has 166 valence electrons. The van der Waals surface area contributed by atoms with Crippen molar-refractivity contribution in [3.63, 3.8) is 0 Å². The first kappa shape index (κ1) is 21.7. The smallest absolute Gasteiger partial charge is 0.215 e. The van der Waals surface area contributed by atoms with E-state index in [1.165, 1.54) is 12.7 Å². The standard InChI is InChI=1S/C21H29ClN8O/c1-20(2,3)17(30-19(26-27-28-30)21(23)11-5-4-6-12-21)18(29-14-24-13-25-29)31-16-9-7-15(22)8-10-16/h7-10,13-14,17-18H,4-6,11-12,23H2,1-3H3/t17-,18+/m1/s1. The predicted molar refractivity (Wildman–Crippen MR) is 116 cm³/mol. The Kier molecular flexibility index (Phi) is 5.98. The number of aromatic nitrogens is 7. The quantitative estimate of drug-likeness (QED) is 0.613. The van der Waals surface area contributed by atoms with Crippen molar-refractivity contribution in [2.75, 3.05) is 0 Å². The fourth-order valence-electron chi connectivity index (χ4n) is 4.29. The van der Waals surface area contributed by atoms with Crippen LogP contribution in [0, 0.1) is 5.41 Å². The molecule has 2 atom stereocenters. The van der Waals surface area contributed by atoms with Gasteiger partial charge in [-0.15, -0.1) is 5.10 Å². The van der Waals surface area contributed by atoms with Crippen LogP contribution < -0.4 is 10.5 Å². The molecular weight excluding hydrogens is 416 g/mol. The highest BCUT2D eigenvalue weighted by molar-refractivity contribution is 6.30. The van der Waals surface area contributed by atoms with E-state index >= 15 is 0 Å². The molecule has 9 nitrogen and oxygen atoms in total. The fraction of sp³-hybridized carbons (Fsp3) is 0.571. The van der Waals surface area contributed by atoms with E-state index in [9.17, 15) is 0 Å². The lowest BCUT2D eigenvalue weighted by molar-refractivity contribution is -0.00272.